The molecule has 0 saturated carbocycles. The van der Waals surface area contributed by atoms with Crippen LogP contribution in [-0.2, 0) is 6.18 Å². The molecule has 3 rings (SSSR count). The van der Waals surface area contributed by atoms with Crippen LogP contribution in [-0.4, -0.2) is 32.5 Å². The number of rotatable bonds is 7. The predicted molar refractivity (Wildman–Crippen MR) is 105 cm³/mol. The van der Waals surface area contributed by atoms with Crippen molar-refractivity contribution in [2.45, 2.75) is 19.0 Å². The molecule has 2 atom stereocenters. The molecule has 2 aromatic rings. The zero-order chi connectivity index (χ0) is 22.5. The minimum atomic E-state index is -4.73. The highest BCUT2D eigenvalue weighted by Gasteiger charge is 2.31. The van der Waals surface area contributed by atoms with Crippen LogP contribution >= 0.6 is 0 Å². The summed E-state index contributed by atoms with van der Waals surface area (Å²) in [6.45, 7) is 2.52. The maximum atomic E-state index is 12.7. The van der Waals surface area contributed by atoms with Crippen LogP contribution in [0.3, 0.4) is 0 Å². The van der Waals surface area contributed by atoms with Gasteiger partial charge >= 0.3 is 12.5 Å². The molecule has 1 aliphatic heterocycles. The van der Waals surface area contributed by atoms with Gasteiger partial charge in [0.1, 0.15) is 5.75 Å². The third-order valence-corrected chi connectivity index (χ3v) is 5.13. The normalized spacial score (nSPS) is 19.7. The first-order valence-electron chi connectivity index (χ1n) is 9.74. The Balaban J connectivity index is 1.51. The van der Waals surface area contributed by atoms with E-state index in [2.05, 4.69) is 20.7 Å². The third-order valence-electron chi connectivity index (χ3n) is 5.13. The van der Waals surface area contributed by atoms with E-state index < -0.39 is 18.1 Å². The number of piperidine rings is 1. The molecular weight excluding hydrogens is 424 g/mol. The first kappa shape index (κ1) is 23.1. The summed E-state index contributed by atoms with van der Waals surface area (Å²) in [6, 6.07) is 10.4. The third kappa shape index (κ3) is 7.23. The summed E-state index contributed by atoms with van der Waals surface area (Å²) in [7, 11) is 0. The van der Waals surface area contributed by atoms with Gasteiger partial charge in [0.2, 0.25) is 0 Å². The van der Waals surface area contributed by atoms with Gasteiger partial charge in [-0.15, -0.1) is 13.2 Å². The summed E-state index contributed by atoms with van der Waals surface area (Å²) in [5.74, 6) is 0.148. The van der Waals surface area contributed by atoms with E-state index >= 15 is 0 Å². The maximum absolute atomic E-state index is 12.7. The van der Waals surface area contributed by atoms with Gasteiger partial charge in [0.15, 0.2) is 0 Å². The van der Waals surface area contributed by atoms with E-state index in [1.807, 2.05) is 0 Å². The fourth-order valence-electron chi connectivity index (χ4n) is 3.45. The number of hydrogen-bond donors (Lipinski definition) is 2. The van der Waals surface area contributed by atoms with Gasteiger partial charge in [0.25, 0.3) is 0 Å². The Kier molecular flexibility index (Phi) is 7.19. The minimum Gasteiger partial charge on any atom is -0.406 e. The second-order valence-corrected chi connectivity index (χ2v) is 7.35. The van der Waals surface area contributed by atoms with E-state index in [-0.39, 0.29) is 17.6 Å². The van der Waals surface area contributed by atoms with E-state index in [4.69, 9.17) is 0 Å². The van der Waals surface area contributed by atoms with Crippen LogP contribution < -0.4 is 20.7 Å². The summed E-state index contributed by atoms with van der Waals surface area (Å²) in [6.07, 6.45) is -8.25. The number of nitrogens with one attached hydrogen (secondary N) is 2. The number of ether oxygens (including phenoxy) is 1. The molecule has 169 valence electrons. The second kappa shape index (κ2) is 9.67. The Hall–Kier alpha value is -2.62. The van der Waals surface area contributed by atoms with Gasteiger partial charge < -0.3 is 15.4 Å². The SMILES string of the molecule is FC(F)(F)Oc1ccc(NCC2CC[N]CC2CNc2ccc(C(F)(F)F)cc2)cc1. The Labute approximate surface area is 176 Å². The Bertz CT molecular complexity index is 821. The Morgan fingerprint density at radius 1 is 0.806 bits per heavy atom. The highest BCUT2D eigenvalue weighted by atomic mass is 19.4. The molecule has 10 heteroatoms. The molecule has 0 aromatic heterocycles. The molecule has 0 spiro atoms. The maximum Gasteiger partial charge on any atom is 0.573 e. The van der Waals surface area contributed by atoms with Crippen LogP contribution in [0.4, 0.5) is 37.7 Å². The number of hydrogen-bond acceptors (Lipinski definition) is 3. The van der Waals surface area contributed by atoms with Crippen molar-refractivity contribution in [2.75, 3.05) is 36.8 Å². The lowest BCUT2D eigenvalue weighted by Gasteiger charge is -2.32. The molecule has 2 aromatic carbocycles. The lowest BCUT2D eigenvalue weighted by molar-refractivity contribution is -0.274. The van der Waals surface area contributed by atoms with Gasteiger partial charge in [-0.3, -0.25) is 0 Å². The molecule has 1 aliphatic rings. The average molecular weight is 446 g/mol. The largest absolute Gasteiger partial charge is 0.573 e. The summed E-state index contributed by atoms with van der Waals surface area (Å²) in [5, 5.41) is 10.8. The van der Waals surface area contributed by atoms with Gasteiger partial charge in [-0.05, 0) is 66.8 Å². The van der Waals surface area contributed by atoms with Gasteiger partial charge in [-0.1, -0.05) is 0 Å². The fourth-order valence-corrected chi connectivity index (χ4v) is 3.45. The number of benzene rings is 2. The zero-order valence-electron chi connectivity index (χ0n) is 16.4. The van der Waals surface area contributed by atoms with Crippen LogP contribution in [0.25, 0.3) is 0 Å². The lowest BCUT2D eigenvalue weighted by Crippen LogP contribution is -2.39. The summed E-state index contributed by atoms with van der Waals surface area (Å²) >= 11 is 0. The topological polar surface area (TPSA) is 47.4 Å². The highest BCUT2D eigenvalue weighted by Crippen LogP contribution is 2.30. The first-order valence-corrected chi connectivity index (χ1v) is 9.74. The average Bonchev–Trinajstić information content (AvgIpc) is 2.71. The van der Waals surface area contributed by atoms with Crippen molar-refractivity contribution in [3.8, 4) is 5.75 Å². The van der Waals surface area contributed by atoms with E-state index in [1.165, 1.54) is 36.4 Å². The quantitative estimate of drug-likeness (QED) is 0.563. The molecule has 1 heterocycles. The van der Waals surface area contributed by atoms with Crippen molar-refractivity contribution in [3.63, 3.8) is 0 Å². The molecule has 0 bridgehead atoms. The van der Waals surface area contributed by atoms with Gasteiger partial charge in [-0.2, -0.15) is 13.2 Å². The summed E-state index contributed by atoms with van der Waals surface area (Å²) < 4.78 is 78.6. The van der Waals surface area contributed by atoms with Gasteiger partial charge in [0.05, 0.1) is 5.56 Å². The van der Waals surface area contributed by atoms with Crippen LogP contribution in [0, 0.1) is 11.8 Å². The minimum absolute atomic E-state index is 0.177. The van der Waals surface area contributed by atoms with Crippen molar-refractivity contribution < 1.29 is 31.1 Å². The van der Waals surface area contributed by atoms with E-state index in [9.17, 15) is 26.3 Å². The van der Waals surface area contributed by atoms with Crippen LogP contribution in [0.5, 0.6) is 5.75 Å². The van der Waals surface area contributed by atoms with Crippen molar-refractivity contribution in [1.82, 2.24) is 5.32 Å². The number of alkyl halides is 6. The van der Waals surface area contributed by atoms with Crippen molar-refractivity contribution in [3.05, 3.63) is 54.1 Å². The van der Waals surface area contributed by atoms with Crippen LogP contribution in [0.15, 0.2) is 48.5 Å². The first-order chi connectivity index (χ1) is 14.6. The van der Waals surface area contributed by atoms with Crippen molar-refractivity contribution in [2.24, 2.45) is 11.8 Å². The van der Waals surface area contributed by atoms with Crippen molar-refractivity contribution in [1.29, 1.82) is 0 Å². The monoisotopic (exact) mass is 446 g/mol. The van der Waals surface area contributed by atoms with Gasteiger partial charge in [0, 0.05) is 37.6 Å². The molecule has 1 saturated heterocycles. The Morgan fingerprint density at radius 2 is 1.35 bits per heavy atom. The number of nitrogens with zero attached hydrogens (tertiary/aromatic N) is 1. The molecule has 1 fully saturated rings. The van der Waals surface area contributed by atoms with Crippen LogP contribution in [0.2, 0.25) is 0 Å². The van der Waals surface area contributed by atoms with E-state index in [1.54, 1.807) is 0 Å². The highest BCUT2D eigenvalue weighted by molar-refractivity contribution is 5.47. The molecule has 4 nitrogen and oxygen atoms in total. The van der Waals surface area contributed by atoms with Crippen LogP contribution in [0.1, 0.15) is 12.0 Å². The van der Waals surface area contributed by atoms with E-state index in [0.29, 0.717) is 31.0 Å². The van der Waals surface area contributed by atoms with Gasteiger partial charge in [-0.25, -0.2) is 5.32 Å². The molecule has 0 amide bonds. The molecule has 1 radical (unpaired) electrons. The zero-order valence-corrected chi connectivity index (χ0v) is 16.4. The predicted octanol–water partition coefficient (Wildman–Crippen LogP) is 5.37. The standard InChI is InChI=1S/C21H22F6N3O/c22-20(23,24)16-1-3-17(4-2-16)30-13-15-11-28-10-9-14(15)12-29-18-5-7-19(8-6-18)31-21(25,26)27/h1-8,14-15,29-30H,9-13H2. The summed E-state index contributed by atoms with van der Waals surface area (Å²) in [5.41, 5.74) is 0.580. The molecule has 0 aliphatic carbocycles. The molecule has 2 N–H and O–H groups in total. The molecular formula is C21H22F6N3O. The second-order valence-electron chi connectivity index (χ2n) is 7.35. The number of anilines is 2. The van der Waals surface area contributed by atoms with Crippen molar-refractivity contribution >= 4 is 11.4 Å². The fraction of sp³-hybridized carbons (Fsp3) is 0.429. The number of halogens is 6. The smallest absolute Gasteiger partial charge is 0.406 e. The Morgan fingerprint density at radius 3 is 1.90 bits per heavy atom. The van der Waals surface area contributed by atoms with E-state index in [0.717, 1.165) is 25.1 Å². The lowest BCUT2D eigenvalue weighted by atomic mass is 9.86. The molecule has 31 heavy (non-hydrogen) atoms. The summed E-state index contributed by atoms with van der Waals surface area (Å²) in [4.78, 5) is 0. The molecule has 2 unspecified atom stereocenters.